The molecule has 0 aliphatic rings. The summed E-state index contributed by atoms with van der Waals surface area (Å²) in [5, 5.41) is 19.6. The zero-order valence-corrected chi connectivity index (χ0v) is 13.2. The van der Waals surface area contributed by atoms with Crippen molar-refractivity contribution in [3.8, 4) is 0 Å². The summed E-state index contributed by atoms with van der Waals surface area (Å²) in [6, 6.07) is 17.9. The molecule has 1 N–H and O–H groups in total. The molecular formula is C16H13N3OS2. The van der Waals surface area contributed by atoms with E-state index in [9.17, 15) is 5.11 Å². The van der Waals surface area contributed by atoms with E-state index < -0.39 is 6.10 Å². The number of aromatic nitrogens is 3. The van der Waals surface area contributed by atoms with Gasteiger partial charge in [0.15, 0.2) is 5.16 Å². The van der Waals surface area contributed by atoms with Gasteiger partial charge in [0.1, 0.15) is 0 Å². The molecule has 0 radical (unpaired) electrons. The number of thiazole rings is 1. The molecule has 0 amide bonds. The fourth-order valence-corrected chi connectivity index (χ4v) is 4.31. The van der Waals surface area contributed by atoms with Gasteiger partial charge < -0.3 is 5.11 Å². The molecule has 4 aromatic rings. The SMILES string of the molecule is OC(CSc1nnc2sc3ccccc3n12)c1ccccc1. The summed E-state index contributed by atoms with van der Waals surface area (Å²) >= 11 is 3.15. The Kier molecular flexibility index (Phi) is 3.57. The monoisotopic (exact) mass is 327 g/mol. The van der Waals surface area contributed by atoms with Gasteiger partial charge in [-0.25, -0.2) is 0 Å². The Labute approximate surface area is 135 Å². The zero-order valence-electron chi connectivity index (χ0n) is 11.6. The maximum Gasteiger partial charge on any atom is 0.217 e. The van der Waals surface area contributed by atoms with Gasteiger partial charge in [-0.05, 0) is 17.7 Å². The molecular weight excluding hydrogens is 314 g/mol. The molecule has 2 aromatic carbocycles. The summed E-state index contributed by atoms with van der Waals surface area (Å²) in [6.45, 7) is 0. The highest BCUT2D eigenvalue weighted by Crippen LogP contribution is 2.31. The molecule has 1 unspecified atom stereocenters. The molecule has 0 aliphatic carbocycles. The molecule has 2 heterocycles. The average Bonchev–Trinajstić information content (AvgIpc) is 3.12. The van der Waals surface area contributed by atoms with Crippen molar-refractivity contribution in [2.75, 3.05) is 5.75 Å². The van der Waals surface area contributed by atoms with Gasteiger partial charge in [-0.1, -0.05) is 65.6 Å². The average molecular weight is 327 g/mol. The second kappa shape index (κ2) is 5.72. The smallest absolute Gasteiger partial charge is 0.217 e. The second-order valence-electron chi connectivity index (χ2n) is 4.91. The summed E-state index contributed by atoms with van der Waals surface area (Å²) in [5.74, 6) is 0.551. The van der Waals surface area contributed by atoms with Gasteiger partial charge in [0.2, 0.25) is 4.96 Å². The van der Waals surface area contributed by atoms with Gasteiger partial charge in [0.25, 0.3) is 0 Å². The fraction of sp³-hybridized carbons (Fsp3) is 0.125. The highest BCUT2D eigenvalue weighted by molar-refractivity contribution is 7.99. The van der Waals surface area contributed by atoms with Crippen molar-refractivity contribution in [2.45, 2.75) is 11.3 Å². The number of hydrogen-bond donors (Lipinski definition) is 1. The molecule has 110 valence electrons. The van der Waals surface area contributed by atoms with Crippen LogP contribution in [0.15, 0.2) is 59.8 Å². The number of thioether (sulfide) groups is 1. The van der Waals surface area contributed by atoms with E-state index in [0.29, 0.717) is 5.75 Å². The lowest BCUT2D eigenvalue weighted by Crippen LogP contribution is -2.01. The largest absolute Gasteiger partial charge is 0.388 e. The van der Waals surface area contributed by atoms with Crippen LogP contribution in [0.5, 0.6) is 0 Å². The second-order valence-corrected chi connectivity index (χ2v) is 6.90. The van der Waals surface area contributed by atoms with Crippen LogP contribution in [0.2, 0.25) is 0 Å². The van der Waals surface area contributed by atoms with Gasteiger partial charge in [-0.3, -0.25) is 4.40 Å². The molecule has 6 heteroatoms. The summed E-state index contributed by atoms with van der Waals surface area (Å²) in [6.07, 6.45) is -0.511. The van der Waals surface area contributed by atoms with Crippen LogP contribution in [0, 0.1) is 0 Å². The standard InChI is InChI=1S/C16H13N3OS2/c20-13(11-6-2-1-3-7-11)10-21-15-17-18-16-19(15)12-8-4-5-9-14(12)22-16/h1-9,13,20H,10H2. The highest BCUT2D eigenvalue weighted by Gasteiger charge is 2.14. The van der Waals surface area contributed by atoms with Crippen molar-refractivity contribution >= 4 is 38.3 Å². The Hall–Kier alpha value is -1.89. The van der Waals surface area contributed by atoms with E-state index in [2.05, 4.69) is 26.7 Å². The van der Waals surface area contributed by atoms with Crippen LogP contribution in [0.1, 0.15) is 11.7 Å². The molecule has 0 saturated carbocycles. The first kappa shape index (κ1) is 13.8. The van der Waals surface area contributed by atoms with Crippen molar-refractivity contribution in [2.24, 2.45) is 0 Å². The Bertz CT molecular complexity index is 917. The van der Waals surface area contributed by atoms with E-state index in [0.717, 1.165) is 21.2 Å². The molecule has 4 nitrogen and oxygen atoms in total. The van der Waals surface area contributed by atoms with Crippen LogP contribution < -0.4 is 0 Å². The molecule has 0 fully saturated rings. The van der Waals surface area contributed by atoms with E-state index in [4.69, 9.17) is 0 Å². The topological polar surface area (TPSA) is 50.4 Å². The van der Waals surface area contributed by atoms with Crippen LogP contribution in [0.25, 0.3) is 15.2 Å². The van der Waals surface area contributed by atoms with Crippen LogP contribution >= 0.6 is 23.1 Å². The predicted molar refractivity (Wildman–Crippen MR) is 90.5 cm³/mol. The first-order chi connectivity index (χ1) is 10.8. The van der Waals surface area contributed by atoms with E-state index in [-0.39, 0.29) is 0 Å². The van der Waals surface area contributed by atoms with Crippen molar-refractivity contribution in [1.29, 1.82) is 0 Å². The summed E-state index contributed by atoms with van der Waals surface area (Å²) < 4.78 is 3.25. The maximum atomic E-state index is 10.3. The van der Waals surface area contributed by atoms with E-state index in [1.165, 1.54) is 16.5 Å². The van der Waals surface area contributed by atoms with Crippen molar-refractivity contribution in [1.82, 2.24) is 14.6 Å². The van der Waals surface area contributed by atoms with Gasteiger partial charge in [0, 0.05) is 5.75 Å². The lowest BCUT2D eigenvalue weighted by atomic mass is 10.1. The van der Waals surface area contributed by atoms with Gasteiger partial charge in [-0.2, -0.15) is 0 Å². The Morgan fingerprint density at radius 3 is 2.68 bits per heavy atom. The number of aliphatic hydroxyl groups excluding tert-OH is 1. The number of nitrogens with zero attached hydrogens (tertiary/aromatic N) is 3. The molecule has 0 aliphatic heterocycles. The number of rotatable bonds is 4. The van der Waals surface area contributed by atoms with Gasteiger partial charge in [0.05, 0.1) is 16.3 Å². The molecule has 0 bridgehead atoms. The first-order valence-corrected chi connectivity index (χ1v) is 8.71. The van der Waals surface area contributed by atoms with Gasteiger partial charge >= 0.3 is 0 Å². The number of benzene rings is 2. The van der Waals surface area contributed by atoms with Crippen LogP contribution in [-0.4, -0.2) is 25.5 Å². The Morgan fingerprint density at radius 2 is 1.82 bits per heavy atom. The number of para-hydroxylation sites is 1. The number of hydrogen-bond acceptors (Lipinski definition) is 5. The molecule has 22 heavy (non-hydrogen) atoms. The Balaban J connectivity index is 1.62. The third-order valence-corrected chi connectivity index (χ3v) is 5.48. The van der Waals surface area contributed by atoms with Gasteiger partial charge in [-0.15, -0.1) is 10.2 Å². The zero-order chi connectivity index (χ0) is 14.9. The van der Waals surface area contributed by atoms with E-state index in [1.54, 1.807) is 11.3 Å². The molecule has 2 aromatic heterocycles. The lowest BCUT2D eigenvalue weighted by Gasteiger charge is -2.09. The highest BCUT2D eigenvalue weighted by atomic mass is 32.2. The van der Waals surface area contributed by atoms with E-state index in [1.807, 2.05) is 42.5 Å². The van der Waals surface area contributed by atoms with Crippen LogP contribution in [0.3, 0.4) is 0 Å². The van der Waals surface area contributed by atoms with Crippen LogP contribution in [0.4, 0.5) is 0 Å². The third kappa shape index (κ3) is 2.39. The maximum absolute atomic E-state index is 10.3. The van der Waals surface area contributed by atoms with Crippen molar-refractivity contribution in [3.63, 3.8) is 0 Å². The minimum Gasteiger partial charge on any atom is -0.388 e. The van der Waals surface area contributed by atoms with Crippen molar-refractivity contribution < 1.29 is 5.11 Å². The minimum atomic E-state index is -0.511. The minimum absolute atomic E-state index is 0.511. The first-order valence-electron chi connectivity index (χ1n) is 6.91. The van der Waals surface area contributed by atoms with Crippen molar-refractivity contribution in [3.05, 3.63) is 60.2 Å². The molecule has 1 atom stereocenters. The number of fused-ring (bicyclic) bond motifs is 3. The quantitative estimate of drug-likeness (QED) is 0.580. The molecule has 0 spiro atoms. The summed E-state index contributed by atoms with van der Waals surface area (Å²) in [4.78, 5) is 0.887. The lowest BCUT2D eigenvalue weighted by molar-refractivity contribution is 0.204. The normalized spacial score (nSPS) is 13.0. The molecule has 4 rings (SSSR count). The summed E-state index contributed by atoms with van der Waals surface area (Å²) in [5.41, 5.74) is 2.04. The third-order valence-electron chi connectivity index (χ3n) is 3.47. The summed E-state index contributed by atoms with van der Waals surface area (Å²) in [7, 11) is 0. The van der Waals surface area contributed by atoms with E-state index >= 15 is 0 Å². The fourth-order valence-electron chi connectivity index (χ4n) is 2.37. The van der Waals surface area contributed by atoms with Crippen LogP contribution in [-0.2, 0) is 0 Å². The Morgan fingerprint density at radius 1 is 1.05 bits per heavy atom. The predicted octanol–water partition coefficient (Wildman–Crippen LogP) is 3.77. The number of aliphatic hydroxyl groups is 1. The molecule has 0 saturated heterocycles.